The maximum Gasteiger partial charge on any atom is 0.242 e. The number of carbonyl (C=O) groups excluding carboxylic acids is 1. The van der Waals surface area contributed by atoms with Gasteiger partial charge in [-0.05, 0) is 19.4 Å². The second kappa shape index (κ2) is 5.89. The van der Waals surface area contributed by atoms with E-state index in [-0.39, 0.29) is 5.91 Å². The zero-order chi connectivity index (χ0) is 13.8. The van der Waals surface area contributed by atoms with Crippen LogP contribution in [0.2, 0.25) is 0 Å². The molecule has 2 rings (SSSR count). The van der Waals surface area contributed by atoms with Crippen LogP contribution in [0.1, 0.15) is 28.0 Å². The van der Waals surface area contributed by atoms with Gasteiger partial charge in [0.1, 0.15) is 11.1 Å². The third kappa shape index (κ3) is 3.15. The van der Waals surface area contributed by atoms with Crippen molar-refractivity contribution in [3.8, 4) is 0 Å². The Bertz CT molecular complexity index is 547. The highest BCUT2D eigenvalue weighted by Crippen LogP contribution is 2.20. The Morgan fingerprint density at radius 1 is 1.37 bits per heavy atom. The van der Waals surface area contributed by atoms with Crippen molar-refractivity contribution in [3.63, 3.8) is 0 Å². The number of hydrogen-bond acceptors (Lipinski definition) is 3. The van der Waals surface area contributed by atoms with E-state index in [1.54, 1.807) is 0 Å². The summed E-state index contributed by atoms with van der Waals surface area (Å²) in [6, 6.07) is 9.24. The summed E-state index contributed by atoms with van der Waals surface area (Å²) in [7, 11) is 0. The van der Waals surface area contributed by atoms with E-state index in [0.29, 0.717) is 12.3 Å². The van der Waals surface area contributed by atoms with E-state index in [1.165, 1.54) is 0 Å². The molecule has 1 amide bonds. The molecule has 1 unspecified atom stereocenters. The van der Waals surface area contributed by atoms with Gasteiger partial charge >= 0.3 is 0 Å². The molecule has 0 radical (unpaired) electrons. The van der Waals surface area contributed by atoms with Crippen molar-refractivity contribution in [1.82, 2.24) is 10.5 Å². The molecule has 4 nitrogen and oxygen atoms in total. The van der Waals surface area contributed by atoms with Gasteiger partial charge in [-0.1, -0.05) is 35.5 Å². The van der Waals surface area contributed by atoms with Crippen LogP contribution in [-0.4, -0.2) is 11.1 Å². The van der Waals surface area contributed by atoms with Crippen molar-refractivity contribution < 1.29 is 9.32 Å². The molecular formula is C14H15ClN2O2. The number of nitrogens with one attached hydrogen (secondary N) is 1. The fourth-order valence-electron chi connectivity index (χ4n) is 1.79. The van der Waals surface area contributed by atoms with Crippen molar-refractivity contribution in [2.75, 3.05) is 0 Å². The number of carbonyl (C=O) groups is 1. The van der Waals surface area contributed by atoms with E-state index in [4.69, 9.17) is 16.1 Å². The van der Waals surface area contributed by atoms with E-state index < -0.39 is 5.38 Å². The first-order valence-electron chi connectivity index (χ1n) is 5.98. The van der Waals surface area contributed by atoms with Crippen LogP contribution in [0.4, 0.5) is 0 Å². The number of aromatic nitrogens is 1. The third-order valence-corrected chi connectivity index (χ3v) is 3.39. The van der Waals surface area contributed by atoms with Gasteiger partial charge in [-0.15, -0.1) is 11.6 Å². The molecule has 100 valence electrons. The smallest absolute Gasteiger partial charge is 0.242 e. The summed E-state index contributed by atoms with van der Waals surface area (Å²) in [6.45, 7) is 4.03. The SMILES string of the molecule is Cc1noc(C)c1CNC(=O)C(Cl)c1ccccc1. The Hall–Kier alpha value is -1.81. The topological polar surface area (TPSA) is 55.1 Å². The Morgan fingerprint density at radius 2 is 2.05 bits per heavy atom. The van der Waals surface area contributed by atoms with E-state index in [9.17, 15) is 4.79 Å². The molecule has 1 aromatic heterocycles. The number of nitrogens with zero attached hydrogens (tertiary/aromatic N) is 1. The minimum atomic E-state index is -0.693. The molecular weight excluding hydrogens is 264 g/mol. The Morgan fingerprint density at radius 3 is 2.63 bits per heavy atom. The number of benzene rings is 1. The lowest BCUT2D eigenvalue weighted by Crippen LogP contribution is -2.26. The molecule has 0 aliphatic heterocycles. The molecule has 0 aliphatic rings. The van der Waals surface area contributed by atoms with Gasteiger partial charge in [0.05, 0.1) is 5.69 Å². The largest absolute Gasteiger partial charge is 0.361 e. The van der Waals surface area contributed by atoms with E-state index >= 15 is 0 Å². The van der Waals surface area contributed by atoms with Crippen LogP contribution in [-0.2, 0) is 11.3 Å². The van der Waals surface area contributed by atoms with Crippen LogP contribution in [0.5, 0.6) is 0 Å². The van der Waals surface area contributed by atoms with Crippen LogP contribution in [0.15, 0.2) is 34.9 Å². The van der Waals surface area contributed by atoms with Gasteiger partial charge in [-0.25, -0.2) is 0 Å². The molecule has 0 spiro atoms. The molecule has 2 aromatic rings. The predicted molar refractivity (Wildman–Crippen MR) is 72.9 cm³/mol. The fourth-order valence-corrected chi connectivity index (χ4v) is 2.02. The van der Waals surface area contributed by atoms with Crippen LogP contribution in [0.3, 0.4) is 0 Å². The first kappa shape index (κ1) is 13.6. The Labute approximate surface area is 116 Å². The molecule has 1 N–H and O–H groups in total. The van der Waals surface area contributed by atoms with Gasteiger partial charge in [-0.3, -0.25) is 4.79 Å². The highest BCUT2D eigenvalue weighted by Gasteiger charge is 2.18. The van der Waals surface area contributed by atoms with Crippen molar-refractivity contribution >= 4 is 17.5 Å². The van der Waals surface area contributed by atoms with Crippen LogP contribution in [0, 0.1) is 13.8 Å². The lowest BCUT2D eigenvalue weighted by Gasteiger charge is -2.10. The highest BCUT2D eigenvalue weighted by atomic mass is 35.5. The van der Waals surface area contributed by atoms with E-state index in [2.05, 4.69) is 10.5 Å². The number of amides is 1. The highest BCUT2D eigenvalue weighted by molar-refractivity contribution is 6.30. The molecule has 1 heterocycles. The Balaban J connectivity index is 1.99. The third-order valence-electron chi connectivity index (χ3n) is 2.94. The fraction of sp³-hybridized carbons (Fsp3) is 0.286. The summed E-state index contributed by atoms with van der Waals surface area (Å²) in [5, 5.41) is 5.94. The van der Waals surface area contributed by atoms with Gasteiger partial charge in [0.2, 0.25) is 5.91 Å². The minimum absolute atomic E-state index is 0.229. The Kier molecular flexibility index (Phi) is 4.22. The lowest BCUT2D eigenvalue weighted by atomic mass is 10.1. The quantitative estimate of drug-likeness (QED) is 0.875. The molecule has 0 aliphatic carbocycles. The zero-order valence-electron chi connectivity index (χ0n) is 10.8. The van der Waals surface area contributed by atoms with Gasteiger partial charge in [-0.2, -0.15) is 0 Å². The van der Waals surface area contributed by atoms with Crippen molar-refractivity contribution in [1.29, 1.82) is 0 Å². The van der Waals surface area contributed by atoms with Gasteiger partial charge in [0.15, 0.2) is 0 Å². The van der Waals surface area contributed by atoms with Crippen molar-refractivity contribution in [2.45, 2.75) is 25.8 Å². The molecule has 0 saturated carbocycles. The normalized spacial score (nSPS) is 12.2. The molecule has 0 bridgehead atoms. The van der Waals surface area contributed by atoms with Crippen molar-refractivity contribution in [2.24, 2.45) is 0 Å². The van der Waals surface area contributed by atoms with Crippen LogP contribution >= 0.6 is 11.6 Å². The standard InChI is InChI=1S/C14H15ClN2O2/c1-9-12(10(2)19-17-9)8-16-14(18)13(15)11-6-4-3-5-7-11/h3-7,13H,8H2,1-2H3,(H,16,18). The maximum absolute atomic E-state index is 12.0. The van der Waals surface area contributed by atoms with Crippen LogP contribution < -0.4 is 5.32 Å². The predicted octanol–water partition coefficient (Wildman–Crippen LogP) is 2.89. The number of alkyl halides is 1. The molecule has 0 fully saturated rings. The first-order valence-corrected chi connectivity index (χ1v) is 6.41. The summed E-state index contributed by atoms with van der Waals surface area (Å²) in [4.78, 5) is 12.0. The minimum Gasteiger partial charge on any atom is -0.361 e. The van der Waals surface area contributed by atoms with E-state index in [1.807, 2.05) is 44.2 Å². The average Bonchev–Trinajstić information content (AvgIpc) is 2.75. The van der Waals surface area contributed by atoms with Crippen molar-refractivity contribution in [3.05, 3.63) is 52.9 Å². The summed E-state index contributed by atoms with van der Waals surface area (Å²) < 4.78 is 5.04. The molecule has 0 saturated heterocycles. The number of hydrogen-bond donors (Lipinski definition) is 1. The molecule has 1 aromatic carbocycles. The summed E-state index contributed by atoms with van der Waals surface area (Å²) in [5.74, 6) is 0.483. The van der Waals surface area contributed by atoms with Crippen LogP contribution in [0.25, 0.3) is 0 Å². The molecule has 5 heteroatoms. The second-order valence-corrected chi connectivity index (χ2v) is 4.73. The van der Waals surface area contributed by atoms with E-state index in [0.717, 1.165) is 16.8 Å². The van der Waals surface area contributed by atoms with Gasteiger partial charge < -0.3 is 9.84 Å². The first-order chi connectivity index (χ1) is 9.09. The lowest BCUT2D eigenvalue weighted by molar-refractivity contribution is -0.121. The summed E-state index contributed by atoms with van der Waals surface area (Å²) in [6.07, 6.45) is 0. The molecule has 1 atom stereocenters. The summed E-state index contributed by atoms with van der Waals surface area (Å²) >= 11 is 6.13. The molecule has 19 heavy (non-hydrogen) atoms. The zero-order valence-corrected chi connectivity index (χ0v) is 11.6. The number of aryl methyl sites for hydroxylation is 2. The van der Waals surface area contributed by atoms with Gasteiger partial charge in [0, 0.05) is 12.1 Å². The number of rotatable bonds is 4. The maximum atomic E-state index is 12.0. The number of halogens is 1. The van der Waals surface area contributed by atoms with Gasteiger partial charge in [0.25, 0.3) is 0 Å². The monoisotopic (exact) mass is 278 g/mol. The average molecular weight is 279 g/mol. The second-order valence-electron chi connectivity index (χ2n) is 4.29. The summed E-state index contributed by atoms with van der Waals surface area (Å²) in [5.41, 5.74) is 2.45.